The average Bonchev–Trinajstić information content (AvgIpc) is 2.34. The van der Waals surface area contributed by atoms with E-state index in [1.165, 1.54) is 27.4 Å². The Kier molecular flexibility index (Phi) is 4.39. The summed E-state index contributed by atoms with van der Waals surface area (Å²) in [6.07, 6.45) is 2.42. The van der Waals surface area contributed by atoms with Crippen molar-refractivity contribution in [1.29, 1.82) is 0 Å². The maximum atomic E-state index is 10.5. The van der Waals surface area contributed by atoms with E-state index in [9.17, 15) is 4.79 Å². The zero-order valence-electron chi connectivity index (χ0n) is 9.89. The van der Waals surface area contributed by atoms with Crippen molar-refractivity contribution in [1.82, 2.24) is 0 Å². The number of benzene rings is 1. The number of carboxylic acid groups (broad SMARTS) is 1. The van der Waals surface area contributed by atoms with Crippen LogP contribution in [-0.2, 0) is 4.79 Å². The second-order valence-electron chi connectivity index (χ2n) is 3.09. The lowest BCUT2D eigenvalue weighted by atomic mass is 10.1. The van der Waals surface area contributed by atoms with E-state index in [0.717, 1.165) is 6.08 Å². The summed E-state index contributed by atoms with van der Waals surface area (Å²) in [6, 6.07) is 3.37. The van der Waals surface area contributed by atoms with Gasteiger partial charge in [0.25, 0.3) is 0 Å². The van der Waals surface area contributed by atoms with E-state index in [0.29, 0.717) is 22.8 Å². The van der Waals surface area contributed by atoms with E-state index >= 15 is 0 Å². The lowest BCUT2D eigenvalue weighted by Crippen LogP contribution is -1.97. The van der Waals surface area contributed by atoms with Crippen molar-refractivity contribution < 1.29 is 24.1 Å². The average molecular weight is 238 g/mol. The molecule has 1 rings (SSSR count). The lowest BCUT2D eigenvalue weighted by Gasteiger charge is -2.13. The van der Waals surface area contributed by atoms with Gasteiger partial charge in [0.15, 0.2) is 11.5 Å². The fraction of sp³-hybridized carbons (Fsp3) is 0.250. The van der Waals surface area contributed by atoms with Crippen molar-refractivity contribution >= 4 is 12.0 Å². The van der Waals surface area contributed by atoms with E-state index in [1.807, 2.05) is 0 Å². The number of ether oxygens (including phenoxy) is 3. The van der Waals surface area contributed by atoms with Crippen LogP contribution in [0, 0.1) is 0 Å². The molecule has 5 nitrogen and oxygen atoms in total. The molecule has 17 heavy (non-hydrogen) atoms. The minimum Gasteiger partial charge on any atom is -0.496 e. The van der Waals surface area contributed by atoms with Crippen LogP contribution in [0.5, 0.6) is 17.2 Å². The molecule has 1 aromatic carbocycles. The highest BCUT2D eigenvalue weighted by molar-refractivity contribution is 5.87. The highest BCUT2D eigenvalue weighted by atomic mass is 16.5. The highest BCUT2D eigenvalue weighted by Crippen LogP contribution is 2.38. The maximum Gasteiger partial charge on any atom is 0.328 e. The first-order chi connectivity index (χ1) is 8.13. The number of carbonyl (C=O) groups is 1. The Morgan fingerprint density at radius 3 is 2.18 bits per heavy atom. The number of carboxylic acids is 1. The van der Waals surface area contributed by atoms with Crippen LogP contribution in [0.2, 0.25) is 0 Å². The first-order valence-corrected chi connectivity index (χ1v) is 4.84. The summed E-state index contributed by atoms with van der Waals surface area (Å²) in [6.45, 7) is 0. The topological polar surface area (TPSA) is 65.0 Å². The Morgan fingerprint density at radius 2 is 1.71 bits per heavy atom. The predicted molar refractivity (Wildman–Crippen MR) is 62.8 cm³/mol. The van der Waals surface area contributed by atoms with Gasteiger partial charge in [-0.15, -0.1) is 0 Å². The minimum absolute atomic E-state index is 0.435. The zero-order chi connectivity index (χ0) is 12.8. The summed E-state index contributed by atoms with van der Waals surface area (Å²) in [5, 5.41) is 8.63. The second kappa shape index (κ2) is 5.79. The van der Waals surface area contributed by atoms with Crippen LogP contribution in [0.1, 0.15) is 5.56 Å². The van der Waals surface area contributed by atoms with Gasteiger partial charge in [-0.2, -0.15) is 0 Å². The third kappa shape index (κ3) is 2.90. The van der Waals surface area contributed by atoms with Gasteiger partial charge in [-0.3, -0.25) is 0 Å². The number of methoxy groups -OCH3 is 3. The first-order valence-electron chi connectivity index (χ1n) is 4.84. The number of aliphatic carboxylic acids is 1. The largest absolute Gasteiger partial charge is 0.496 e. The van der Waals surface area contributed by atoms with Crippen LogP contribution in [-0.4, -0.2) is 32.4 Å². The van der Waals surface area contributed by atoms with E-state index < -0.39 is 5.97 Å². The summed E-state index contributed by atoms with van der Waals surface area (Å²) < 4.78 is 15.5. The SMILES string of the molecule is COc1ccc(OC)c(OC)c1C=CC(=O)O. The zero-order valence-corrected chi connectivity index (χ0v) is 9.89. The summed E-state index contributed by atoms with van der Waals surface area (Å²) in [4.78, 5) is 10.5. The fourth-order valence-corrected chi connectivity index (χ4v) is 1.42. The molecule has 0 aliphatic rings. The number of hydrogen-bond donors (Lipinski definition) is 1. The molecule has 1 aromatic rings. The normalized spacial score (nSPS) is 10.3. The monoisotopic (exact) mass is 238 g/mol. The third-order valence-electron chi connectivity index (χ3n) is 2.16. The van der Waals surface area contributed by atoms with Crippen LogP contribution < -0.4 is 14.2 Å². The first kappa shape index (κ1) is 12.9. The summed E-state index contributed by atoms with van der Waals surface area (Å²) in [5.74, 6) is 0.416. The van der Waals surface area contributed by atoms with Crippen molar-refractivity contribution in [2.45, 2.75) is 0 Å². The van der Waals surface area contributed by atoms with Gasteiger partial charge in [0.05, 0.1) is 26.9 Å². The Morgan fingerprint density at radius 1 is 1.12 bits per heavy atom. The Balaban J connectivity index is 3.34. The van der Waals surface area contributed by atoms with Crippen LogP contribution in [0.15, 0.2) is 18.2 Å². The number of rotatable bonds is 5. The maximum absolute atomic E-state index is 10.5. The Labute approximate surface area is 99.2 Å². The van der Waals surface area contributed by atoms with Crippen LogP contribution in [0.4, 0.5) is 0 Å². The van der Waals surface area contributed by atoms with Gasteiger partial charge in [0, 0.05) is 6.08 Å². The minimum atomic E-state index is -1.04. The molecule has 0 fully saturated rings. The van der Waals surface area contributed by atoms with E-state index in [4.69, 9.17) is 19.3 Å². The van der Waals surface area contributed by atoms with Crippen molar-refractivity contribution in [3.05, 3.63) is 23.8 Å². The molecule has 0 saturated heterocycles. The molecular formula is C12H14O5. The fourth-order valence-electron chi connectivity index (χ4n) is 1.42. The van der Waals surface area contributed by atoms with Crippen LogP contribution in [0.25, 0.3) is 6.08 Å². The van der Waals surface area contributed by atoms with Crippen molar-refractivity contribution in [2.75, 3.05) is 21.3 Å². The molecule has 0 aliphatic carbocycles. The van der Waals surface area contributed by atoms with E-state index in [2.05, 4.69) is 0 Å². The van der Waals surface area contributed by atoms with Gasteiger partial charge in [-0.05, 0) is 18.2 Å². The van der Waals surface area contributed by atoms with Crippen LogP contribution >= 0.6 is 0 Å². The van der Waals surface area contributed by atoms with Crippen molar-refractivity contribution in [2.24, 2.45) is 0 Å². The van der Waals surface area contributed by atoms with E-state index in [1.54, 1.807) is 12.1 Å². The standard InChI is InChI=1S/C12H14O5/c1-15-9-5-6-10(16-2)12(17-3)8(9)4-7-11(13)14/h4-7H,1-3H3,(H,13,14). The summed E-state index contributed by atoms with van der Waals surface area (Å²) in [7, 11) is 4.49. The molecule has 0 spiro atoms. The van der Waals surface area contributed by atoms with Gasteiger partial charge in [-0.25, -0.2) is 4.79 Å². The molecule has 0 aliphatic heterocycles. The predicted octanol–water partition coefficient (Wildman–Crippen LogP) is 1.81. The molecular weight excluding hydrogens is 224 g/mol. The Bertz CT molecular complexity index is 437. The molecule has 92 valence electrons. The highest BCUT2D eigenvalue weighted by Gasteiger charge is 2.13. The lowest BCUT2D eigenvalue weighted by molar-refractivity contribution is -0.131. The van der Waals surface area contributed by atoms with Gasteiger partial charge < -0.3 is 19.3 Å². The smallest absolute Gasteiger partial charge is 0.328 e. The molecule has 0 atom stereocenters. The summed E-state index contributed by atoms with van der Waals surface area (Å²) >= 11 is 0. The van der Waals surface area contributed by atoms with Crippen molar-refractivity contribution in [3.8, 4) is 17.2 Å². The molecule has 1 N–H and O–H groups in total. The third-order valence-corrected chi connectivity index (χ3v) is 2.16. The second-order valence-corrected chi connectivity index (χ2v) is 3.09. The molecule has 0 heterocycles. The molecule has 0 aromatic heterocycles. The molecule has 0 amide bonds. The van der Waals surface area contributed by atoms with E-state index in [-0.39, 0.29) is 0 Å². The molecule has 0 radical (unpaired) electrons. The number of hydrogen-bond acceptors (Lipinski definition) is 4. The molecule has 5 heteroatoms. The van der Waals surface area contributed by atoms with Gasteiger partial charge in [0.1, 0.15) is 5.75 Å². The van der Waals surface area contributed by atoms with Gasteiger partial charge in [-0.1, -0.05) is 0 Å². The molecule has 0 saturated carbocycles. The molecule has 0 unspecified atom stereocenters. The summed E-state index contributed by atoms with van der Waals surface area (Å²) in [5.41, 5.74) is 0.525. The quantitative estimate of drug-likeness (QED) is 0.792. The van der Waals surface area contributed by atoms with Crippen molar-refractivity contribution in [3.63, 3.8) is 0 Å². The van der Waals surface area contributed by atoms with Gasteiger partial charge >= 0.3 is 5.97 Å². The molecule has 0 bridgehead atoms. The van der Waals surface area contributed by atoms with Gasteiger partial charge in [0.2, 0.25) is 0 Å². The Hall–Kier alpha value is -2.17. The van der Waals surface area contributed by atoms with Crippen LogP contribution in [0.3, 0.4) is 0 Å².